The number of ether oxygens (including phenoxy) is 1. The third kappa shape index (κ3) is 7.07. The number of rotatable bonds is 9. The third-order valence-corrected chi connectivity index (χ3v) is 4.75. The summed E-state index contributed by atoms with van der Waals surface area (Å²) in [6.45, 7) is 2.86. The van der Waals surface area contributed by atoms with Crippen LogP contribution in [0, 0.1) is 10.1 Å². The first-order chi connectivity index (χ1) is 14.7. The van der Waals surface area contributed by atoms with Crippen LogP contribution < -0.4 is 10.6 Å². The molecule has 2 rings (SSSR count). The predicted octanol–water partition coefficient (Wildman–Crippen LogP) is 2.96. The summed E-state index contributed by atoms with van der Waals surface area (Å²) in [5.74, 6) is -2.03. The molecular formula is C21H22ClN3O6. The van der Waals surface area contributed by atoms with Crippen LogP contribution in [0.4, 0.5) is 5.69 Å². The number of carbonyl (C=O) groups is 3. The lowest BCUT2D eigenvalue weighted by molar-refractivity contribution is -0.384. The zero-order chi connectivity index (χ0) is 23.0. The first kappa shape index (κ1) is 23.8. The molecule has 0 saturated carbocycles. The minimum atomic E-state index is -0.827. The van der Waals surface area contributed by atoms with E-state index in [2.05, 4.69) is 17.6 Å². The van der Waals surface area contributed by atoms with Crippen LogP contribution in [0.3, 0.4) is 0 Å². The normalized spacial score (nSPS) is 11.3. The van der Waals surface area contributed by atoms with Gasteiger partial charge in [-0.15, -0.1) is 0 Å². The zero-order valence-electron chi connectivity index (χ0n) is 17.0. The Kier molecular flexibility index (Phi) is 8.51. The van der Waals surface area contributed by atoms with Gasteiger partial charge in [0.15, 0.2) is 6.61 Å². The largest absolute Gasteiger partial charge is 0.454 e. The van der Waals surface area contributed by atoms with Gasteiger partial charge in [0.2, 0.25) is 0 Å². The molecule has 0 aliphatic heterocycles. The van der Waals surface area contributed by atoms with Crippen LogP contribution in [0.1, 0.15) is 41.4 Å². The van der Waals surface area contributed by atoms with Crippen LogP contribution in [0.15, 0.2) is 42.5 Å². The van der Waals surface area contributed by atoms with E-state index in [1.165, 1.54) is 17.7 Å². The molecule has 0 fully saturated rings. The first-order valence-corrected chi connectivity index (χ1v) is 9.85. The van der Waals surface area contributed by atoms with E-state index in [0.717, 1.165) is 18.1 Å². The summed E-state index contributed by atoms with van der Waals surface area (Å²) in [5, 5.41) is 15.8. The Labute approximate surface area is 183 Å². The summed E-state index contributed by atoms with van der Waals surface area (Å²) < 4.78 is 4.85. The second kappa shape index (κ2) is 11.1. The van der Waals surface area contributed by atoms with E-state index in [9.17, 15) is 24.5 Å². The van der Waals surface area contributed by atoms with Crippen molar-refractivity contribution in [1.82, 2.24) is 10.6 Å². The maximum absolute atomic E-state index is 12.1. The Hall–Kier alpha value is -3.46. The molecule has 0 aliphatic carbocycles. The van der Waals surface area contributed by atoms with Crippen LogP contribution in [-0.4, -0.2) is 35.9 Å². The van der Waals surface area contributed by atoms with Gasteiger partial charge in [0.05, 0.1) is 11.0 Å². The van der Waals surface area contributed by atoms with Gasteiger partial charge >= 0.3 is 5.97 Å². The van der Waals surface area contributed by atoms with Gasteiger partial charge in [-0.05, 0) is 36.6 Å². The van der Waals surface area contributed by atoms with Crippen molar-refractivity contribution in [3.05, 3.63) is 74.3 Å². The highest BCUT2D eigenvalue weighted by Crippen LogP contribution is 2.24. The van der Waals surface area contributed by atoms with E-state index < -0.39 is 41.5 Å². The smallest absolute Gasteiger partial charge is 0.325 e. The van der Waals surface area contributed by atoms with Crippen LogP contribution in [0.2, 0.25) is 5.02 Å². The minimum Gasteiger partial charge on any atom is -0.454 e. The van der Waals surface area contributed by atoms with Gasteiger partial charge in [-0.1, -0.05) is 42.8 Å². The Morgan fingerprint density at radius 1 is 1.16 bits per heavy atom. The van der Waals surface area contributed by atoms with E-state index in [1.54, 1.807) is 0 Å². The van der Waals surface area contributed by atoms with Crippen LogP contribution in [0.25, 0.3) is 0 Å². The monoisotopic (exact) mass is 447 g/mol. The van der Waals surface area contributed by atoms with Gasteiger partial charge in [-0.2, -0.15) is 0 Å². The number of hydrogen-bond donors (Lipinski definition) is 2. The number of benzene rings is 2. The molecule has 1 atom stereocenters. The number of nitro benzene ring substituents is 1. The summed E-state index contributed by atoms with van der Waals surface area (Å²) in [4.78, 5) is 46.0. The van der Waals surface area contributed by atoms with E-state index in [0.29, 0.717) is 0 Å². The molecule has 0 aliphatic rings. The SMILES string of the molecule is CCc1ccc(C(C)NC(=O)COC(=O)CNC(=O)c2ccc(Cl)c([N+](=O)[O-])c2)cc1. The number of halogens is 1. The highest BCUT2D eigenvalue weighted by Gasteiger charge is 2.17. The lowest BCUT2D eigenvalue weighted by Crippen LogP contribution is -2.34. The number of hydrogen-bond acceptors (Lipinski definition) is 6. The van der Waals surface area contributed by atoms with E-state index >= 15 is 0 Å². The average molecular weight is 448 g/mol. The van der Waals surface area contributed by atoms with Gasteiger partial charge in [0, 0.05) is 11.6 Å². The quantitative estimate of drug-likeness (QED) is 0.345. The molecule has 31 heavy (non-hydrogen) atoms. The van der Waals surface area contributed by atoms with E-state index in [4.69, 9.17) is 16.3 Å². The minimum absolute atomic E-state index is 0.0374. The highest BCUT2D eigenvalue weighted by molar-refractivity contribution is 6.32. The molecule has 0 saturated heterocycles. The Balaban J connectivity index is 1.78. The number of nitrogens with one attached hydrogen (secondary N) is 2. The molecule has 0 bridgehead atoms. The Morgan fingerprint density at radius 2 is 1.84 bits per heavy atom. The molecule has 9 nitrogen and oxygen atoms in total. The summed E-state index contributed by atoms with van der Waals surface area (Å²) in [5.41, 5.74) is 1.64. The molecule has 10 heteroatoms. The van der Waals surface area contributed by atoms with Gasteiger partial charge < -0.3 is 15.4 Å². The second-order valence-electron chi connectivity index (χ2n) is 6.65. The lowest BCUT2D eigenvalue weighted by Gasteiger charge is -2.15. The van der Waals surface area contributed by atoms with Crippen LogP contribution >= 0.6 is 11.6 Å². The van der Waals surface area contributed by atoms with Crippen LogP contribution in [0.5, 0.6) is 0 Å². The molecule has 0 spiro atoms. The lowest BCUT2D eigenvalue weighted by atomic mass is 10.1. The van der Waals surface area contributed by atoms with Crippen molar-refractivity contribution in [1.29, 1.82) is 0 Å². The average Bonchev–Trinajstić information content (AvgIpc) is 2.76. The summed E-state index contributed by atoms with van der Waals surface area (Å²) in [6.07, 6.45) is 0.919. The topological polar surface area (TPSA) is 128 Å². The molecule has 2 aromatic rings. The zero-order valence-corrected chi connectivity index (χ0v) is 17.8. The Morgan fingerprint density at radius 3 is 2.45 bits per heavy atom. The molecule has 0 heterocycles. The number of nitro groups is 1. The van der Waals surface area contributed by atoms with Crippen molar-refractivity contribution in [3.8, 4) is 0 Å². The Bertz CT molecular complexity index is 978. The number of carbonyl (C=O) groups excluding carboxylic acids is 3. The molecule has 0 radical (unpaired) electrons. The van der Waals surface area contributed by atoms with E-state index in [1.807, 2.05) is 31.2 Å². The first-order valence-electron chi connectivity index (χ1n) is 9.47. The molecule has 0 aromatic heterocycles. The number of esters is 1. The van der Waals surface area contributed by atoms with Crippen LogP contribution in [-0.2, 0) is 20.7 Å². The fourth-order valence-electron chi connectivity index (χ4n) is 2.65. The molecule has 1 unspecified atom stereocenters. The summed E-state index contributed by atoms with van der Waals surface area (Å²) >= 11 is 5.70. The highest BCUT2D eigenvalue weighted by atomic mass is 35.5. The maximum Gasteiger partial charge on any atom is 0.325 e. The fraction of sp³-hybridized carbons (Fsp3) is 0.286. The summed E-state index contributed by atoms with van der Waals surface area (Å²) in [7, 11) is 0. The molecule has 164 valence electrons. The van der Waals surface area contributed by atoms with Crippen molar-refractivity contribution in [2.75, 3.05) is 13.2 Å². The molecule has 2 N–H and O–H groups in total. The molecule has 2 amide bonds. The summed E-state index contributed by atoms with van der Waals surface area (Å²) in [6, 6.07) is 11.1. The fourth-order valence-corrected chi connectivity index (χ4v) is 2.84. The number of nitrogens with zero attached hydrogens (tertiary/aromatic N) is 1. The van der Waals surface area contributed by atoms with Gasteiger partial charge in [0.1, 0.15) is 11.6 Å². The van der Waals surface area contributed by atoms with Gasteiger partial charge in [0.25, 0.3) is 17.5 Å². The molecular weight excluding hydrogens is 426 g/mol. The number of aryl methyl sites for hydroxylation is 1. The molecule has 2 aromatic carbocycles. The van der Waals surface area contributed by atoms with Crippen molar-refractivity contribution >= 4 is 35.1 Å². The van der Waals surface area contributed by atoms with Crippen molar-refractivity contribution in [3.63, 3.8) is 0 Å². The standard InChI is InChI=1S/C21H22ClN3O6/c1-3-14-4-6-15(7-5-14)13(2)24-19(26)12-31-20(27)11-23-21(28)16-8-9-17(22)18(10-16)25(29)30/h4-10,13H,3,11-12H2,1-2H3,(H,23,28)(H,24,26). The number of amides is 2. The second-order valence-corrected chi connectivity index (χ2v) is 7.06. The van der Waals surface area contributed by atoms with Gasteiger partial charge in [-0.25, -0.2) is 0 Å². The third-order valence-electron chi connectivity index (χ3n) is 4.43. The van der Waals surface area contributed by atoms with E-state index in [-0.39, 0.29) is 16.6 Å². The van der Waals surface area contributed by atoms with Gasteiger partial charge in [-0.3, -0.25) is 24.5 Å². The maximum atomic E-state index is 12.1. The van der Waals surface area contributed by atoms with Crippen molar-refractivity contribution < 1.29 is 24.0 Å². The predicted molar refractivity (Wildman–Crippen MR) is 114 cm³/mol. The van der Waals surface area contributed by atoms with Crippen molar-refractivity contribution in [2.24, 2.45) is 0 Å². The van der Waals surface area contributed by atoms with Crippen molar-refractivity contribution in [2.45, 2.75) is 26.3 Å².